The molecule has 2 fully saturated rings. The van der Waals surface area contributed by atoms with E-state index in [1.165, 1.54) is 4.90 Å². The van der Waals surface area contributed by atoms with Crippen molar-refractivity contribution in [2.24, 2.45) is 11.8 Å². The van der Waals surface area contributed by atoms with Crippen LogP contribution < -0.4 is 0 Å². The third-order valence-electron chi connectivity index (χ3n) is 2.92. The van der Waals surface area contributed by atoms with Gasteiger partial charge in [-0.05, 0) is 27.2 Å². The molecule has 0 radical (unpaired) electrons. The number of amides is 2. The molecule has 0 N–H and O–H groups in total. The molecule has 1 saturated heterocycles. The van der Waals surface area contributed by atoms with Crippen molar-refractivity contribution in [2.75, 3.05) is 6.54 Å². The molecule has 0 aromatic heterocycles. The van der Waals surface area contributed by atoms with Crippen molar-refractivity contribution in [2.45, 2.75) is 39.2 Å². The maximum atomic E-state index is 11.6. The van der Waals surface area contributed by atoms with Crippen molar-refractivity contribution in [3.8, 4) is 0 Å². The van der Waals surface area contributed by atoms with E-state index in [1.807, 2.05) is 0 Å². The Morgan fingerprint density at radius 3 is 2.29 bits per heavy atom. The van der Waals surface area contributed by atoms with E-state index in [1.54, 1.807) is 20.8 Å². The Morgan fingerprint density at radius 2 is 1.82 bits per heavy atom. The highest BCUT2D eigenvalue weighted by atomic mass is 16.6. The maximum absolute atomic E-state index is 11.6. The Balaban J connectivity index is 1.81. The first-order valence-corrected chi connectivity index (χ1v) is 5.86. The van der Waals surface area contributed by atoms with E-state index in [4.69, 9.17) is 4.74 Å². The van der Waals surface area contributed by atoms with Crippen molar-refractivity contribution < 1.29 is 19.1 Å². The number of rotatable bonds is 3. The van der Waals surface area contributed by atoms with Crippen LogP contribution in [0.1, 0.15) is 33.6 Å². The summed E-state index contributed by atoms with van der Waals surface area (Å²) in [5, 5.41) is 0. The van der Waals surface area contributed by atoms with Crippen LogP contribution in [0.5, 0.6) is 0 Å². The highest BCUT2D eigenvalue weighted by Crippen LogP contribution is 2.46. The lowest BCUT2D eigenvalue weighted by Gasteiger charge is -2.21. The molecular formula is C12H17NO4. The van der Waals surface area contributed by atoms with Crippen LogP contribution in [0.4, 0.5) is 0 Å². The Labute approximate surface area is 100 Å². The van der Waals surface area contributed by atoms with E-state index in [0.29, 0.717) is 6.42 Å². The van der Waals surface area contributed by atoms with Crippen LogP contribution in [-0.4, -0.2) is 34.8 Å². The third-order valence-corrected chi connectivity index (χ3v) is 2.92. The number of piperidine rings is 1. The van der Waals surface area contributed by atoms with Crippen LogP contribution in [-0.2, 0) is 19.1 Å². The molecule has 2 aliphatic rings. The summed E-state index contributed by atoms with van der Waals surface area (Å²) in [4.78, 5) is 35.9. The zero-order chi connectivity index (χ0) is 12.8. The number of hydrogen-bond acceptors (Lipinski definition) is 4. The van der Waals surface area contributed by atoms with Crippen LogP contribution in [0, 0.1) is 11.8 Å². The molecule has 17 heavy (non-hydrogen) atoms. The molecule has 94 valence electrons. The minimum absolute atomic E-state index is 0.0776. The average molecular weight is 239 g/mol. The van der Waals surface area contributed by atoms with Crippen molar-refractivity contribution in [1.29, 1.82) is 0 Å². The van der Waals surface area contributed by atoms with Crippen molar-refractivity contribution in [3.63, 3.8) is 0 Å². The summed E-state index contributed by atoms with van der Waals surface area (Å²) in [6.07, 6.45) is 0.773. The van der Waals surface area contributed by atoms with E-state index < -0.39 is 5.60 Å². The van der Waals surface area contributed by atoms with Crippen molar-refractivity contribution in [3.05, 3.63) is 0 Å². The summed E-state index contributed by atoms with van der Waals surface area (Å²) >= 11 is 0. The van der Waals surface area contributed by atoms with Crippen LogP contribution in [0.3, 0.4) is 0 Å². The quantitative estimate of drug-likeness (QED) is 0.538. The van der Waals surface area contributed by atoms with E-state index in [2.05, 4.69) is 0 Å². The SMILES string of the molecule is CC(C)(C)OC(=O)CCN1C(=O)C2CC2C1=O. The Bertz CT molecular complexity index is 362. The molecule has 0 aromatic rings. The average Bonchev–Trinajstić information content (AvgIpc) is 2.89. The predicted octanol–water partition coefficient (Wildman–Crippen LogP) is 0.723. The molecule has 2 atom stereocenters. The molecular weight excluding hydrogens is 222 g/mol. The molecule has 2 unspecified atom stereocenters. The topological polar surface area (TPSA) is 63.7 Å². The first-order chi connectivity index (χ1) is 7.79. The van der Waals surface area contributed by atoms with Crippen molar-refractivity contribution in [1.82, 2.24) is 4.90 Å². The van der Waals surface area contributed by atoms with Crippen LogP contribution in [0.2, 0.25) is 0 Å². The predicted molar refractivity (Wildman–Crippen MR) is 58.8 cm³/mol. The number of likely N-dealkylation sites (tertiary alicyclic amines) is 1. The third kappa shape index (κ3) is 2.48. The lowest BCUT2D eigenvalue weighted by Crippen LogP contribution is -2.35. The first-order valence-electron chi connectivity index (χ1n) is 5.86. The number of imide groups is 1. The normalized spacial score (nSPS) is 27.1. The molecule has 1 heterocycles. The van der Waals surface area contributed by atoms with Gasteiger partial charge in [0.25, 0.3) is 0 Å². The minimum atomic E-state index is -0.530. The summed E-state index contributed by atoms with van der Waals surface area (Å²) in [7, 11) is 0. The van der Waals surface area contributed by atoms with Gasteiger partial charge in [0.1, 0.15) is 5.60 Å². The van der Waals surface area contributed by atoms with Gasteiger partial charge in [0.05, 0.1) is 18.3 Å². The molecule has 5 heteroatoms. The van der Waals surface area contributed by atoms with E-state index >= 15 is 0 Å². The molecule has 1 aliphatic heterocycles. The van der Waals surface area contributed by atoms with E-state index in [9.17, 15) is 14.4 Å². The standard InChI is InChI=1S/C12H17NO4/c1-12(2,3)17-9(14)4-5-13-10(15)7-6-8(7)11(13)16/h7-8H,4-6H2,1-3H3. The molecule has 0 bridgehead atoms. The number of esters is 1. The summed E-state index contributed by atoms with van der Waals surface area (Å²) in [6.45, 7) is 5.50. The van der Waals surface area contributed by atoms with Gasteiger partial charge in [-0.3, -0.25) is 19.3 Å². The van der Waals surface area contributed by atoms with Crippen LogP contribution in [0.25, 0.3) is 0 Å². The van der Waals surface area contributed by atoms with Gasteiger partial charge in [-0.15, -0.1) is 0 Å². The van der Waals surface area contributed by atoms with Gasteiger partial charge in [0.15, 0.2) is 0 Å². The van der Waals surface area contributed by atoms with Crippen LogP contribution >= 0.6 is 0 Å². The summed E-state index contributed by atoms with van der Waals surface area (Å²) in [6, 6.07) is 0. The molecule has 0 aromatic carbocycles. The Morgan fingerprint density at radius 1 is 1.29 bits per heavy atom. The van der Waals surface area contributed by atoms with Gasteiger partial charge in [-0.2, -0.15) is 0 Å². The molecule has 5 nitrogen and oxygen atoms in total. The Kier molecular flexibility index (Phi) is 2.72. The van der Waals surface area contributed by atoms with Gasteiger partial charge >= 0.3 is 5.97 Å². The number of carbonyl (C=O) groups excluding carboxylic acids is 3. The summed E-state index contributed by atoms with van der Waals surface area (Å²) in [5.74, 6) is -0.812. The number of ether oxygens (including phenoxy) is 1. The second-order valence-corrected chi connectivity index (χ2v) is 5.61. The first kappa shape index (κ1) is 12.1. The molecule has 2 amide bonds. The van der Waals surface area contributed by atoms with Crippen LogP contribution in [0.15, 0.2) is 0 Å². The second-order valence-electron chi connectivity index (χ2n) is 5.61. The maximum Gasteiger partial charge on any atom is 0.308 e. The minimum Gasteiger partial charge on any atom is -0.460 e. The lowest BCUT2D eigenvalue weighted by atomic mass is 10.2. The Hall–Kier alpha value is -1.39. The fraction of sp³-hybridized carbons (Fsp3) is 0.750. The second kappa shape index (κ2) is 3.82. The van der Waals surface area contributed by atoms with Gasteiger partial charge in [0, 0.05) is 6.54 Å². The molecule has 1 aliphatic carbocycles. The van der Waals surface area contributed by atoms with E-state index in [0.717, 1.165) is 0 Å². The lowest BCUT2D eigenvalue weighted by molar-refractivity contribution is -0.155. The van der Waals surface area contributed by atoms with Crippen molar-refractivity contribution >= 4 is 17.8 Å². The van der Waals surface area contributed by atoms with Gasteiger partial charge < -0.3 is 4.74 Å². The number of hydrogen-bond donors (Lipinski definition) is 0. The highest BCUT2D eigenvalue weighted by molar-refractivity contribution is 6.08. The molecule has 0 spiro atoms. The van der Waals surface area contributed by atoms with Gasteiger partial charge in [0.2, 0.25) is 11.8 Å². The molecule has 1 saturated carbocycles. The zero-order valence-corrected chi connectivity index (χ0v) is 10.4. The van der Waals surface area contributed by atoms with Gasteiger partial charge in [-0.1, -0.05) is 0 Å². The fourth-order valence-corrected chi connectivity index (χ4v) is 2.07. The molecule has 2 rings (SSSR count). The number of carbonyl (C=O) groups is 3. The summed E-state index contributed by atoms with van der Waals surface area (Å²) in [5.41, 5.74) is -0.530. The summed E-state index contributed by atoms with van der Waals surface area (Å²) < 4.78 is 5.12. The van der Waals surface area contributed by atoms with Gasteiger partial charge in [-0.25, -0.2) is 0 Å². The highest BCUT2D eigenvalue weighted by Gasteiger charge is 2.58. The fourth-order valence-electron chi connectivity index (χ4n) is 2.07. The largest absolute Gasteiger partial charge is 0.460 e. The zero-order valence-electron chi connectivity index (χ0n) is 10.4. The number of fused-ring (bicyclic) bond motifs is 1. The monoisotopic (exact) mass is 239 g/mol. The number of nitrogens with zero attached hydrogens (tertiary/aromatic N) is 1. The van der Waals surface area contributed by atoms with E-state index in [-0.39, 0.29) is 42.6 Å². The smallest absolute Gasteiger partial charge is 0.308 e.